The van der Waals surface area contributed by atoms with Gasteiger partial charge >= 0.3 is 0 Å². The van der Waals surface area contributed by atoms with E-state index in [0.717, 1.165) is 18.6 Å². The molecule has 2 rings (SSSR count). The van der Waals surface area contributed by atoms with E-state index in [-0.39, 0.29) is 17.2 Å². The number of nitrogens with zero attached hydrogens (tertiary/aromatic N) is 1. The second kappa shape index (κ2) is 4.12. The first-order valence-electron chi connectivity index (χ1n) is 5.35. The number of carbonyl (C=O) groups is 1. The molecule has 1 aromatic rings. The molecule has 86 valence electrons. The third-order valence-corrected chi connectivity index (χ3v) is 2.90. The number of rotatable bonds is 1. The number of hydrogen-bond donors (Lipinski definition) is 1. The van der Waals surface area contributed by atoms with E-state index < -0.39 is 5.82 Å². The maximum atomic E-state index is 13.0. The number of hydrogen-bond acceptors (Lipinski definition) is 2. The fourth-order valence-electron chi connectivity index (χ4n) is 1.97. The van der Waals surface area contributed by atoms with Crippen molar-refractivity contribution in [2.24, 2.45) is 5.92 Å². The fourth-order valence-corrected chi connectivity index (χ4v) is 1.97. The Morgan fingerprint density at radius 2 is 2.31 bits per heavy atom. The normalized spacial score (nSPS) is 20.1. The fraction of sp³-hybridized carbons (Fsp3) is 0.417. The summed E-state index contributed by atoms with van der Waals surface area (Å²) >= 11 is 0. The molecule has 1 amide bonds. The second-order valence-corrected chi connectivity index (χ2v) is 4.31. The Labute approximate surface area is 93.5 Å². The predicted octanol–water partition coefficient (Wildman–Crippen LogP) is 2.01. The van der Waals surface area contributed by atoms with Gasteiger partial charge in [0.15, 0.2) is 0 Å². The van der Waals surface area contributed by atoms with E-state index in [9.17, 15) is 14.3 Å². The molecule has 0 aliphatic carbocycles. The zero-order valence-corrected chi connectivity index (χ0v) is 9.11. The molecule has 1 heterocycles. The van der Waals surface area contributed by atoms with E-state index in [4.69, 9.17) is 0 Å². The highest BCUT2D eigenvalue weighted by atomic mass is 19.1. The number of phenolic OH excluding ortho intramolecular Hbond substituents is 1. The Kier molecular flexibility index (Phi) is 2.81. The Morgan fingerprint density at radius 3 is 2.94 bits per heavy atom. The van der Waals surface area contributed by atoms with Crippen LogP contribution in [0.1, 0.15) is 23.7 Å². The number of phenols is 1. The number of amides is 1. The monoisotopic (exact) mass is 223 g/mol. The highest BCUT2D eigenvalue weighted by Gasteiger charge is 2.25. The van der Waals surface area contributed by atoms with Crippen LogP contribution < -0.4 is 0 Å². The lowest BCUT2D eigenvalue weighted by Gasteiger charge is -2.16. The van der Waals surface area contributed by atoms with E-state index in [0.29, 0.717) is 19.0 Å². The van der Waals surface area contributed by atoms with Crippen molar-refractivity contribution < 1.29 is 14.3 Å². The van der Waals surface area contributed by atoms with E-state index in [1.807, 2.05) is 0 Å². The van der Waals surface area contributed by atoms with Crippen LogP contribution in [0.4, 0.5) is 4.39 Å². The molecule has 1 aliphatic rings. The summed E-state index contributed by atoms with van der Waals surface area (Å²) in [4.78, 5) is 13.6. The lowest BCUT2D eigenvalue weighted by Crippen LogP contribution is -2.28. The Hall–Kier alpha value is -1.58. The molecule has 4 heteroatoms. The number of carbonyl (C=O) groups excluding carboxylic acids is 1. The van der Waals surface area contributed by atoms with Crippen LogP contribution in [0.2, 0.25) is 0 Å². The largest absolute Gasteiger partial charge is 0.507 e. The minimum atomic E-state index is -0.506. The van der Waals surface area contributed by atoms with Crippen LogP contribution >= 0.6 is 0 Å². The smallest absolute Gasteiger partial charge is 0.257 e. The van der Waals surface area contributed by atoms with Crippen molar-refractivity contribution in [1.82, 2.24) is 4.90 Å². The van der Waals surface area contributed by atoms with Gasteiger partial charge in [0.1, 0.15) is 11.6 Å². The first kappa shape index (κ1) is 10.9. The highest BCUT2D eigenvalue weighted by Crippen LogP contribution is 2.23. The summed E-state index contributed by atoms with van der Waals surface area (Å²) in [6.07, 6.45) is 0.960. The van der Waals surface area contributed by atoms with Gasteiger partial charge in [-0.15, -0.1) is 0 Å². The van der Waals surface area contributed by atoms with Gasteiger partial charge in [-0.3, -0.25) is 4.79 Å². The molecule has 0 aromatic heterocycles. The predicted molar refractivity (Wildman–Crippen MR) is 57.7 cm³/mol. The lowest BCUT2D eigenvalue weighted by atomic mass is 10.1. The van der Waals surface area contributed by atoms with Gasteiger partial charge in [0.05, 0.1) is 5.56 Å². The molecular formula is C12H14FNO2. The van der Waals surface area contributed by atoms with Gasteiger partial charge in [-0.25, -0.2) is 4.39 Å². The Morgan fingerprint density at radius 1 is 1.56 bits per heavy atom. The summed E-state index contributed by atoms with van der Waals surface area (Å²) in [6, 6.07) is 3.43. The molecule has 1 aromatic carbocycles. The van der Waals surface area contributed by atoms with Crippen LogP contribution in [0.5, 0.6) is 5.75 Å². The molecule has 1 fully saturated rings. The van der Waals surface area contributed by atoms with Gasteiger partial charge in [0.25, 0.3) is 5.91 Å². The van der Waals surface area contributed by atoms with E-state index in [1.165, 1.54) is 6.07 Å². The van der Waals surface area contributed by atoms with Crippen molar-refractivity contribution in [2.45, 2.75) is 13.3 Å². The third-order valence-electron chi connectivity index (χ3n) is 2.90. The minimum Gasteiger partial charge on any atom is -0.507 e. The molecule has 1 N–H and O–H groups in total. The third kappa shape index (κ3) is 2.01. The lowest BCUT2D eigenvalue weighted by molar-refractivity contribution is 0.0784. The molecular weight excluding hydrogens is 209 g/mol. The van der Waals surface area contributed by atoms with Gasteiger partial charge in [-0.1, -0.05) is 6.92 Å². The van der Waals surface area contributed by atoms with Crippen LogP contribution in [-0.2, 0) is 0 Å². The van der Waals surface area contributed by atoms with Crippen LogP contribution in [0, 0.1) is 11.7 Å². The minimum absolute atomic E-state index is 0.0501. The van der Waals surface area contributed by atoms with Crippen molar-refractivity contribution in [2.75, 3.05) is 13.1 Å². The van der Waals surface area contributed by atoms with Crippen molar-refractivity contribution >= 4 is 5.91 Å². The van der Waals surface area contributed by atoms with Gasteiger partial charge in [-0.2, -0.15) is 0 Å². The van der Waals surface area contributed by atoms with Crippen LogP contribution in [0.15, 0.2) is 18.2 Å². The first-order valence-corrected chi connectivity index (χ1v) is 5.35. The molecule has 0 bridgehead atoms. The first-order chi connectivity index (χ1) is 7.58. The van der Waals surface area contributed by atoms with Crippen molar-refractivity contribution in [3.63, 3.8) is 0 Å². The van der Waals surface area contributed by atoms with Gasteiger partial charge < -0.3 is 10.0 Å². The summed E-state index contributed by atoms with van der Waals surface area (Å²) in [6.45, 7) is 3.42. The van der Waals surface area contributed by atoms with E-state index in [2.05, 4.69) is 6.92 Å². The summed E-state index contributed by atoms with van der Waals surface area (Å²) < 4.78 is 13.0. The summed E-state index contributed by atoms with van der Waals surface area (Å²) in [5.41, 5.74) is 0.0501. The summed E-state index contributed by atoms with van der Waals surface area (Å²) in [5.74, 6) is -0.486. The summed E-state index contributed by atoms with van der Waals surface area (Å²) in [7, 11) is 0. The molecule has 0 spiro atoms. The molecule has 1 saturated heterocycles. The maximum Gasteiger partial charge on any atom is 0.257 e. The number of aromatic hydroxyl groups is 1. The Balaban J connectivity index is 2.23. The SMILES string of the molecule is CC1CCN(C(=O)c2cc(F)ccc2O)C1. The zero-order chi connectivity index (χ0) is 11.7. The second-order valence-electron chi connectivity index (χ2n) is 4.31. The molecule has 1 aliphatic heterocycles. The zero-order valence-electron chi connectivity index (χ0n) is 9.11. The molecule has 16 heavy (non-hydrogen) atoms. The van der Waals surface area contributed by atoms with Gasteiger partial charge in [0.2, 0.25) is 0 Å². The number of likely N-dealkylation sites (tertiary alicyclic amines) is 1. The average Bonchev–Trinajstić information content (AvgIpc) is 2.67. The van der Waals surface area contributed by atoms with E-state index in [1.54, 1.807) is 4.90 Å². The van der Waals surface area contributed by atoms with Crippen LogP contribution in [-0.4, -0.2) is 29.0 Å². The van der Waals surface area contributed by atoms with Crippen molar-refractivity contribution in [3.8, 4) is 5.75 Å². The molecule has 1 atom stereocenters. The molecule has 0 saturated carbocycles. The number of benzene rings is 1. The molecule has 3 nitrogen and oxygen atoms in total. The highest BCUT2D eigenvalue weighted by molar-refractivity contribution is 5.97. The quantitative estimate of drug-likeness (QED) is 0.791. The average molecular weight is 223 g/mol. The Bertz CT molecular complexity index is 419. The standard InChI is InChI=1S/C12H14FNO2/c1-8-4-5-14(7-8)12(16)10-6-9(13)2-3-11(10)15/h2-3,6,8,15H,4-5,7H2,1H3. The molecule has 0 radical (unpaired) electrons. The topological polar surface area (TPSA) is 40.5 Å². The van der Waals surface area contributed by atoms with Gasteiger partial charge in [-0.05, 0) is 30.5 Å². The van der Waals surface area contributed by atoms with Gasteiger partial charge in [0, 0.05) is 13.1 Å². The summed E-state index contributed by atoms with van der Waals surface area (Å²) in [5, 5.41) is 9.52. The van der Waals surface area contributed by atoms with Crippen molar-refractivity contribution in [1.29, 1.82) is 0 Å². The van der Waals surface area contributed by atoms with Crippen LogP contribution in [0.25, 0.3) is 0 Å². The van der Waals surface area contributed by atoms with Crippen molar-refractivity contribution in [3.05, 3.63) is 29.6 Å². The molecule has 1 unspecified atom stereocenters. The maximum absolute atomic E-state index is 13.0. The van der Waals surface area contributed by atoms with E-state index >= 15 is 0 Å². The van der Waals surface area contributed by atoms with Crippen LogP contribution in [0.3, 0.4) is 0 Å². The number of halogens is 1.